The van der Waals surface area contributed by atoms with Crippen LogP contribution in [0, 0.1) is 0 Å². The fourth-order valence-electron chi connectivity index (χ4n) is 2.09. The maximum absolute atomic E-state index is 10.9. The number of aromatic nitrogens is 1. The zero-order valence-electron chi connectivity index (χ0n) is 12.3. The molecule has 0 saturated carbocycles. The van der Waals surface area contributed by atoms with Gasteiger partial charge in [-0.1, -0.05) is 36.4 Å². The molecule has 1 amide bonds. The molecule has 110 valence electrons. The van der Waals surface area contributed by atoms with Crippen LogP contribution in [0.1, 0.15) is 35.0 Å². The van der Waals surface area contributed by atoms with Crippen LogP contribution in [0.15, 0.2) is 48.7 Å². The number of pyridine rings is 1. The summed E-state index contributed by atoms with van der Waals surface area (Å²) in [5.41, 5.74) is 7.89. The van der Waals surface area contributed by atoms with Crippen molar-refractivity contribution >= 4 is 5.91 Å². The van der Waals surface area contributed by atoms with E-state index in [0.717, 1.165) is 24.9 Å². The van der Waals surface area contributed by atoms with Crippen LogP contribution in [-0.2, 0) is 13.0 Å². The van der Waals surface area contributed by atoms with Gasteiger partial charge in [-0.05, 0) is 37.0 Å². The maximum Gasteiger partial charge on any atom is 0.267 e. The van der Waals surface area contributed by atoms with E-state index in [9.17, 15) is 4.79 Å². The number of amides is 1. The number of hydrogen-bond acceptors (Lipinski definition) is 3. The number of carbonyl (C=O) groups is 1. The van der Waals surface area contributed by atoms with Gasteiger partial charge < -0.3 is 11.1 Å². The molecule has 0 aliphatic carbocycles. The Hall–Kier alpha value is -2.20. The number of rotatable bonds is 7. The molecule has 0 aliphatic heterocycles. The third-order valence-corrected chi connectivity index (χ3v) is 3.44. The Labute approximate surface area is 125 Å². The smallest absolute Gasteiger partial charge is 0.267 e. The number of carbonyl (C=O) groups excluding carboxylic acids is 1. The predicted molar refractivity (Wildman–Crippen MR) is 83.8 cm³/mol. The third-order valence-electron chi connectivity index (χ3n) is 3.44. The molecule has 1 heterocycles. The summed E-state index contributed by atoms with van der Waals surface area (Å²) in [7, 11) is 0. The van der Waals surface area contributed by atoms with E-state index in [2.05, 4.69) is 29.4 Å². The van der Waals surface area contributed by atoms with Crippen molar-refractivity contribution in [2.24, 2.45) is 5.73 Å². The van der Waals surface area contributed by atoms with E-state index >= 15 is 0 Å². The van der Waals surface area contributed by atoms with Crippen molar-refractivity contribution in [2.45, 2.75) is 32.4 Å². The van der Waals surface area contributed by atoms with Crippen LogP contribution in [0.4, 0.5) is 0 Å². The minimum atomic E-state index is -0.487. The van der Waals surface area contributed by atoms with E-state index in [1.165, 1.54) is 5.56 Å². The second-order valence-electron chi connectivity index (χ2n) is 5.22. The van der Waals surface area contributed by atoms with Crippen molar-refractivity contribution in [2.75, 3.05) is 0 Å². The van der Waals surface area contributed by atoms with Crippen molar-refractivity contribution in [1.29, 1.82) is 0 Å². The lowest BCUT2D eigenvalue weighted by Gasteiger charge is -2.13. The number of primary amides is 1. The number of nitrogens with two attached hydrogens (primary N) is 1. The Morgan fingerprint density at radius 1 is 1.19 bits per heavy atom. The van der Waals surface area contributed by atoms with Crippen LogP contribution >= 0.6 is 0 Å². The molecule has 2 rings (SSSR count). The summed E-state index contributed by atoms with van der Waals surface area (Å²) in [6, 6.07) is 14.4. The molecule has 0 radical (unpaired) electrons. The number of nitrogens with one attached hydrogen (secondary N) is 1. The van der Waals surface area contributed by atoms with Crippen molar-refractivity contribution < 1.29 is 4.79 Å². The first-order chi connectivity index (χ1) is 10.1. The molecule has 1 aromatic carbocycles. The zero-order valence-corrected chi connectivity index (χ0v) is 12.3. The molecule has 21 heavy (non-hydrogen) atoms. The average Bonchev–Trinajstić information content (AvgIpc) is 2.52. The Morgan fingerprint density at radius 2 is 1.95 bits per heavy atom. The molecule has 4 heteroatoms. The lowest BCUT2D eigenvalue weighted by molar-refractivity contribution is 0.0995. The first kappa shape index (κ1) is 15.2. The van der Waals surface area contributed by atoms with Gasteiger partial charge in [0.25, 0.3) is 5.91 Å². The standard InChI is InChI=1S/C17H21N3O/c1-13(19-11-14-5-3-2-4-6-14)7-8-15-9-10-16(17(18)21)20-12-15/h2-6,9-10,12-13,19H,7-8,11H2,1H3,(H2,18,21). The van der Waals surface area contributed by atoms with Gasteiger partial charge in [0.05, 0.1) is 0 Å². The van der Waals surface area contributed by atoms with Crippen molar-refractivity contribution in [3.05, 3.63) is 65.5 Å². The molecule has 0 spiro atoms. The molecule has 0 fully saturated rings. The summed E-state index contributed by atoms with van der Waals surface area (Å²) in [6.07, 6.45) is 3.67. The molecule has 1 unspecified atom stereocenters. The fourth-order valence-corrected chi connectivity index (χ4v) is 2.09. The van der Waals surface area contributed by atoms with Crippen LogP contribution in [0.5, 0.6) is 0 Å². The van der Waals surface area contributed by atoms with Gasteiger partial charge >= 0.3 is 0 Å². The van der Waals surface area contributed by atoms with Crippen LogP contribution in [0.3, 0.4) is 0 Å². The molecule has 1 aromatic heterocycles. The number of benzene rings is 1. The van der Waals surface area contributed by atoms with Gasteiger partial charge in [-0.2, -0.15) is 0 Å². The SMILES string of the molecule is CC(CCc1ccc(C(N)=O)nc1)NCc1ccccc1. The first-order valence-electron chi connectivity index (χ1n) is 7.17. The summed E-state index contributed by atoms with van der Waals surface area (Å²) in [5.74, 6) is -0.487. The minimum absolute atomic E-state index is 0.314. The highest BCUT2D eigenvalue weighted by atomic mass is 16.1. The number of hydrogen-bond donors (Lipinski definition) is 2. The Balaban J connectivity index is 1.75. The highest BCUT2D eigenvalue weighted by Gasteiger charge is 2.05. The summed E-state index contributed by atoms with van der Waals surface area (Å²) >= 11 is 0. The lowest BCUT2D eigenvalue weighted by atomic mass is 10.1. The molecule has 0 saturated heterocycles. The van der Waals surface area contributed by atoms with Crippen LogP contribution < -0.4 is 11.1 Å². The van der Waals surface area contributed by atoms with Gasteiger partial charge in [-0.25, -0.2) is 0 Å². The van der Waals surface area contributed by atoms with Gasteiger partial charge in [-0.15, -0.1) is 0 Å². The van der Waals surface area contributed by atoms with E-state index in [4.69, 9.17) is 5.73 Å². The Kier molecular flexibility index (Phi) is 5.46. The summed E-state index contributed by atoms with van der Waals surface area (Å²) in [6.45, 7) is 3.05. The van der Waals surface area contributed by atoms with Crippen LogP contribution in [0.25, 0.3) is 0 Å². The molecular formula is C17H21N3O. The monoisotopic (exact) mass is 283 g/mol. The van der Waals surface area contributed by atoms with E-state index in [-0.39, 0.29) is 0 Å². The molecule has 0 aliphatic rings. The van der Waals surface area contributed by atoms with E-state index in [0.29, 0.717) is 11.7 Å². The quantitative estimate of drug-likeness (QED) is 0.819. The summed E-state index contributed by atoms with van der Waals surface area (Å²) in [4.78, 5) is 15.0. The van der Waals surface area contributed by atoms with Crippen molar-refractivity contribution in [3.63, 3.8) is 0 Å². The minimum Gasteiger partial charge on any atom is -0.364 e. The lowest BCUT2D eigenvalue weighted by Crippen LogP contribution is -2.26. The molecule has 2 aromatic rings. The van der Waals surface area contributed by atoms with E-state index < -0.39 is 5.91 Å². The van der Waals surface area contributed by atoms with Gasteiger partial charge in [0.15, 0.2) is 0 Å². The highest BCUT2D eigenvalue weighted by Crippen LogP contribution is 2.06. The van der Waals surface area contributed by atoms with Gasteiger partial charge in [0, 0.05) is 18.8 Å². The molecule has 0 bridgehead atoms. The van der Waals surface area contributed by atoms with Gasteiger partial charge in [0.2, 0.25) is 0 Å². The number of aryl methyl sites for hydroxylation is 1. The normalized spacial score (nSPS) is 12.0. The van der Waals surface area contributed by atoms with Crippen molar-refractivity contribution in [3.8, 4) is 0 Å². The van der Waals surface area contributed by atoms with Crippen molar-refractivity contribution in [1.82, 2.24) is 10.3 Å². The number of nitrogens with zero attached hydrogens (tertiary/aromatic N) is 1. The third kappa shape index (κ3) is 5.00. The highest BCUT2D eigenvalue weighted by molar-refractivity contribution is 5.90. The van der Waals surface area contributed by atoms with Crippen LogP contribution in [0.2, 0.25) is 0 Å². The Bertz CT molecular complexity index is 566. The summed E-state index contributed by atoms with van der Waals surface area (Å²) < 4.78 is 0. The molecule has 3 N–H and O–H groups in total. The largest absolute Gasteiger partial charge is 0.364 e. The van der Waals surface area contributed by atoms with Crippen LogP contribution in [-0.4, -0.2) is 16.9 Å². The van der Waals surface area contributed by atoms with E-state index in [1.807, 2.05) is 24.3 Å². The van der Waals surface area contributed by atoms with E-state index in [1.54, 1.807) is 12.3 Å². The fraction of sp³-hybridized carbons (Fsp3) is 0.294. The Morgan fingerprint density at radius 3 is 2.57 bits per heavy atom. The predicted octanol–water partition coefficient (Wildman–Crippen LogP) is 2.29. The topological polar surface area (TPSA) is 68.0 Å². The second-order valence-corrected chi connectivity index (χ2v) is 5.22. The second kappa shape index (κ2) is 7.55. The first-order valence-corrected chi connectivity index (χ1v) is 7.17. The molecular weight excluding hydrogens is 262 g/mol. The molecule has 4 nitrogen and oxygen atoms in total. The van der Waals surface area contributed by atoms with Gasteiger partial charge in [0.1, 0.15) is 5.69 Å². The van der Waals surface area contributed by atoms with Gasteiger partial charge in [-0.3, -0.25) is 9.78 Å². The summed E-state index contributed by atoms with van der Waals surface area (Å²) in [5, 5.41) is 3.50. The molecule has 1 atom stereocenters. The average molecular weight is 283 g/mol. The zero-order chi connectivity index (χ0) is 15.1. The maximum atomic E-state index is 10.9.